The Labute approximate surface area is 147 Å². The Balaban J connectivity index is 1.71. The first-order valence-electron chi connectivity index (χ1n) is 8.77. The lowest BCUT2D eigenvalue weighted by molar-refractivity contribution is 0.0709. The minimum absolute atomic E-state index is 0.0842. The Morgan fingerprint density at radius 1 is 1.33 bits per heavy atom. The number of pyridine rings is 1. The van der Waals surface area contributed by atoms with Gasteiger partial charge in [0.1, 0.15) is 0 Å². The highest BCUT2D eigenvalue weighted by Crippen LogP contribution is 2.33. The van der Waals surface area contributed by atoms with Gasteiger partial charge in [0.25, 0.3) is 5.91 Å². The van der Waals surface area contributed by atoms with Gasteiger partial charge in [0.05, 0.1) is 10.5 Å². The zero-order valence-corrected chi connectivity index (χ0v) is 14.7. The summed E-state index contributed by atoms with van der Waals surface area (Å²) in [6, 6.07) is 6.09. The predicted molar refractivity (Wildman–Crippen MR) is 96.8 cm³/mol. The Bertz CT molecular complexity index is 805. The molecule has 1 saturated heterocycles. The van der Waals surface area contributed by atoms with Gasteiger partial charge in [0.15, 0.2) is 0 Å². The molecule has 1 unspecified atom stereocenters. The number of fused-ring (bicyclic) bond motifs is 2. The van der Waals surface area contributed by atoms with E-state index in [2.05, 4.69) is 12.2 Å². The SMILES string of the molecule is CC1CN(C(=O)c2ccc3c(Cl)c4c(nc3c2)CCCC4)CCN1. The molecular formula is C19H22ClN3O. The third-order valence-corrected chi connectivity index (χ3v) is 5.53. The third kappa shape index (κ3) is 2.78. The second kappa shape index (κ2) is 6.34. The summed E-state index contributed by atoms with van der Waals surface area (Å²) in [6.45, 7) is 4.44. The van der Waals surface area contributed by atoms with Crippen molar-refractivity contribution in [3.8, 4) is 0 Å². The molecule has 0 bridgehead atoms. The Morgan fingerprint density at radius 3 is 3.00 bits per heavy atom. The first-order valence-corrected chi connectivity index (χ1v) is 9.15. The fourth-order valence-corrected chi connectivity index (χ4v) is 4.16. The summed E-state index contributed by atoms with van der Waals surface area (Å²) in [5.41, 5.74) is 3.86. The molecule has 2 aliphatic rings. The Kier molecular flexibility index (Phi) is 4.19. The van der Waals surface area contributed by atoms with E-state index in [-0.39, 0.29) is 5.91 Å². The van der Waals surface area contributed by atoms with Crippen LogP contribution < -0.4 is 5.32 Å². The van der Waals surface area contributed by atoms with Crippen molar-refractivity contribution in [2.45, 2.75) is 38.6 Å². The molecule has 1 N–H and O–H groups in total. The van der Waals surface area contributed by atoms with Crippen molar-refractivity contribution >= 4 is 28.4 Å². The number of rotatable bonds is 1. The normalized spacial score (nSPS) is 20.9. The van der Waals surface area contributed by atoms with Crippen LogP contribution in [0.2, 0.25) is 5.02 Å². The van der Waals surface area contributed by atoms with E-state index < -0.39 is 0 Å². The van der Waals surface area contributed by atoms with Crippen LogP contribution in [0.15, 0.2) is 18.2 Å². The number of halogens is 1. The number of benzene rings is 1. The number of nitrogens with one attached hydrogen (secondary N) is 1. The van der Waals surface area contributed by atoms with E-state index in [0.29, 0.717) is 11.6 Å². The molecule has 1 amide bonds. The fourth-order valence-electron chi connectivity index (χ4n) is 3.80. The van der Waals surface area contributed by atoms with E-state index in [9.17, 15) is 4.79 Å². The Hall–Kier alpha value is -1.65. The summed E-state index contributed by atoms with van der Waals surface area (Å²) in [5.74, 6) is 0.0842. The largest absolute Gasteiger partial charge is 0.336 e. The second-order valence-electron chi connectivity index (χ2n) is 6.90. The zero-order chi connectivity index (χ0) is 16.7. The van der Waals surface area contributed by atoms with Gasteiger partial charge in [0.2, 0.25) is 0 Å². The molecule has 1 aromatic heterocycles. The van der Waals surface area contributed by atoms with Crippen molar-refractivity contribution in [3.63, 3.8) is 0 Å². The second-order valence-corrected chi connectivity index (χ2v) is 7.27. The van der Waals surface area contributed by atoms with Gasteiger partial charge in [-0.1, -0.05) is 17.7 Å². The van der Waals surface area contributed by atoms with Gasteiger partial charge in [-0.25, -0.2) is 0 Å². The average molecular weight is 344 g/mol. The lowest BCUT2D eigenvalue weighted by Crippen LogP contribution is -2.51. The number of hydrogen-bond donors (Lipinski definition) is 1. The molecule has 1 aliphatic carbocycles. The molecule has 24 heavy (non-hydrogen) atoms. The number of carbonyl (C=O) groups excluding carboxylic acids is 1. The summed E-state index contributed by atoms with van der Waals surface area (Å²) in [6.07, 6.45) is 4.34. The van der Waals surface area contributed by atoms with E-state index in [1.807, 2.05) is 23.1 Å². The van der Waals surface area contributed by atoms with Crippen molar-refractivity contribution in [3.05, 3.63) is 40.0 Å². The highest BCUT2D eigenvalue weighted by atomic mass is 35.5. The zero-order valence-electron chi connectivity index (χ0n) is 13.9. The molecular weight excluding hydrogens is 322 g/mol. The van der Waals surface area contributed by atoms with Crippen LogP contribution in [0.4, 0.5) is 0 Å². The summed E-state index contributed by atoms with van der Waals surface area (Å²) >= 11 is 6.62. The topological polar surface area (TPSA) is 45.2 Å². The van der Waals surface area contributed by atoms with E-state index in [1.54, 1.807) is 0 Å². The van der Waals surface area contributed by atoms with Gasteiger partial charge in [-0.2, -0.15) is 0 Å². The number of aryl methyl sites for hydroxylation is 1. The van der Waals surface area contributed by atoms with Crippen LogP contribution in [-0.2, 0) is 12.8 Å². The molecule has 0 radical (unpaired) electrons. The van der Waals surface area contributed by atoms with Gasteiger partial charge < -0.3 is 10.2 Å². The summed E-state index contributed by atoms with van der Waals surface area (Å²) in [5, 5.41) is 5.15. The number of piperazine rings is 1. The smallest absolute Gasteiger partial charge is 0.254 e. The molecule has 2 aromatic rings. The first kappa shape index (κ1) is 15.9. The lowest BCUT2D eigenvalue weighted by atomic mass is 9.94. The van der Waals surface area contributed by atoms with Gasteiger partial charge in [-0.05, 0) is 50.3 Å². The number of nitrogens with zero attached hydrogens (tertiary/aromatic N) is 2. The predicted octanol–water partition coefficient (Wildman–Crippen LogP) is 3.20. The molecule has 1 aliphatic heterocycles. The van der Waals surface area contributed by atoms with Crippen LogP contribution in [0.5, 0.6) is 0 Å². The maximum Gasteiger partial charge on any atom is 0.254 e. The van der Waals surface area contributed by atoms with Crippen LogP contribution in [-0.4, -0.2) is 41.5 Å². The highest BCUT2D eigenvalue weighted by Gasteiger charge is 2.23. The van der Waals surface area contributed by atoms with Crippen LogP contribution >= 0.6 is 11.6 Å². The van der Waals surface area contributed by atoms with Gasteiger partial charge in [-0.15, -0.1) is 0 Å². The van der Waals surface area contributed by atoms with Gasteiger partial charge >= 0.3 is 0 Å². The maximum atomic E-state index is 12.8. The van der Waals surface area contributed by atoms with Gasteiger partial charge in [0, 0.05) is 42.3 Å². The molecule has 2 heterocycles. The van der Waals surface area contributed by atoms with Crippen molar-refractivity contribution < 1.29 is 4.79 Å². The number of carbonyl (C=O) groups is 1. The highest BCUT2D eigenvalue weighted by molar-refractivity contribution is 6.36. The number of hydrogen-bond acceptors (Lipinski definition) is 3. The minimum Gasteiger partial charge on any atom is -0.336 e. The van der Waals surface area contributed by atoms with Crippen LogP contribution in [0.1, 0.15) is 41.4 Å². The molecule has 0 spiro atoms. The van der Waals surface area contributed by atoms with E-state index >= 15 is 0 Å². The standard InChI is InChI=1S/C19H22ClN3O/c1-12-11-23(9-8-21-12)19(24)13-6-7-15-17(10-13)22-16-5-3-2-4-14(16)18(15)20/h6-7,10,12,21H,2-5,8-9,11H2,1H3. The first-order chi connectivity index (χ1) is 11.6. The van der Waals surface area contributed by atoms with E-state index in [4.69, 9.17) is 16.6 Å². The number of aromatic nitrogens is 1. The number of amides is 1. The summed E-state index contributed by atoms with van der Waals surface area (Å²) < 4.78 is 0. The molecule has 1 aromatic carbocycles. The van der Waals surface area contributed by atoms with Crippen molar-refractivity contribution in [1.29, 1.82) is 0 Å². The van der Waals surface area contributed by atoms with Crippen LogP contribution in [0, 0.1) is 0 Å². The molecule has 0 saturated carbocycles. The molecule has 4 nitrogen and oxygen atoms in total. The molecule has 1 atom stereocenters. The molecule has 1 fully saturated rings. The monoisotopic (exact) mass is 343 g/mol. The maximum absolute atomic E-state index is 12.8. The minimum atomic E-state index is 0.0842. The molecule has 5 heteroatoms. The Morgan fingerprint density at radius 2 is 2.17 bits per heavy atom. The van der Waals surface area contributed by atoms with Crippen LogP contribution in [0.3, 0.4) is 0 Å². The van der Waals surface area contributed by atoms with Crippen LogP contribution in [0.25, 0.3) is 10.9 Å². The molecule has 4 rings (SSSR count). The van der Waals surface area contributed by atoms with E-state index in [0.717, 1.165) is 54.1 Å². The fraction of sp³-hybridized carbons (Fsp3) is 0.474. The van der Waals surface area contributed by atoms with Crippen molar-refractivity contribution in [2.24, 2.45) is 0 Å². The third-order valence-electron chi connectivity index (χ3n) is 5.10. The quantitative estimate of drug-likeness (QED) is 0.864. The summed E-state index contributed by atoms with van der Waals surface area (Å²) in [4.78, 5) is 19.5. The van der Waals surface area contributed by atoms with Gasteiger partial charge in [-0.3, -0.25) is 9.78 Å². The van der Waals surface area contributed by atoms with Crippen molar-refractivity contribution in [2.75, 3.05) is 19.6 Å². The van der Waals surface area contributed by atoms with E-state index in [1.165, 1.54) is 18.4 Å². The van der Waals surface area contributed by atoms with Crippen molar-refractivity contribution in [1.82, 2.24) is 15.2 Å². The average Bonchev–Trinajstić information content (AvgIpc) is 2.61. The molecule has 126 valence electrons. The lowest BCUT2D eigenvalue weighted by Gasteiger charge is -2.32. The summed E-state index contributed by atoms with van der Waals surface area (Å²) in [7, 11) is 0.